The lowest BCUT2D eigenvalue weighted by Gasteiger charge is -2.56. The van der Waals surface area contributed by atoms with E-state index in [9.17, 15) is 5.21 Å². The van der Waals surface area contributed by atoms with Crippen molar-refractivity contribution in [2.75, 3.05) is 0 Å². The summed E-state index contributed by atoms with van der Waals surface area (Å²) in [5.74, 6) is 2.59. The molecule has 0 amide bonds. The van der Waals surface area contributed by atoms with E-state index in [2.05, 4.69) is 65.8 Å². The fraction of sp³-hybridized carbons (Fsp3) is 0.630. The number of hydrogen-bond acceptors (Lipinski definition) is 2. The van der Waals surface area contributed by atoms with Gasteiger partial charge in [0.1, 0.15) is 0 Å². The van der Waals surface area contributed by atoms with Crippen molar-refractivity contribution in [3.63, 3.8) is 0 Å². The molecule has 4 atom stereocenters. The van der Waals surface area contributed by atoms with Gasteiger partial charge in [-0.3, -0.25) is 4.98 Å². The van der Waals surface area contributed by atoms with Gasteiger partial charge in [-0.05, 0) is 85.3 Å². The maximum Gasteiger partial charge on any atom is 0.204 e. The van der Waals surface area contributed by atoms with E-state index in [-0.39, 0.29) is 0 Å². The summed E-state index contributed by atoms with van der Waals surface area (Å²) < 4.78 is 1.27. The van der Waals surface area contributed by atoms with Crippen molar-refractivity contribution >= 4 is 0 Å². The Bertz CT molecular complexity index is 1080. The summed E-state index contributed by atoms with van der Waals surface area (Å²) in [6, 6.07) is 8.83. The Morgan fingerprint density at radius 2 is 1.50 bits per heavy atom. The van der Waals surface area contributed by atoms with E-state index in [1.165, 1.54) is 34.4 Å². The number of nitrogens with zero attached hydrogens (tertiary/aromatic N) is 2. The minimum Gasteiger partial charge on any atom is -0.618 e. The molecule has 0 saturated heterocycles. The first-order valence-electron chi connectivity index (χ1n) is 11.8. The van der Waals surface area contributed by atoms with Gasteiger partial charge in [0.05, 0.1) is 11.1 Å². The molecule has 0 aromatic carbocycles. The van der Waals surface area contributed by atoms with Crippen molar-refractivity contribution in [1.82, 2.24) is 4.98 Å². The second kappa shape index (κ2) is 5.47. The van der Waals surface area contributed by atoms with Crippen molar-refractivity contribution in [2.45, 2.75) is 84.5 Å². The van der Waals surface area contributed by atoms with Crippen LogP contribution in [0.4, 0.5) is 0 Å². The Hall–Kier alpha value is -1.90. The fourth-order valence-corrected chi connectivity index (χ4v) is 7.29. The van der Waals surface area contributed by atoms with Crippen LogP contribution in [-0.2, 0) is 18.3 Å². The highest BCUT2D eigenvalue weighted by Gasteiger charge is 2.56. The van der Waals surface area contributed by atoms with Crippen LogP contribution in [0.2, 0.25) is 0 Å². The van der Waals surface area contributed by atoms with Crippen molar-refractivity contribution in [3.8, 4) is 0 Å². The second-order valence-corrected chi connectivity index (χ2v) is 12.3. The zero-order chi connectivity index (χ0) is 21.2. The Kier molecular flexibility index (Phi) is 3.43. The van der Waals surface area contributed by atoms with E-state index < -0.39 is 5.41 Å². The van der Waals surface area contributed by atoms with Crippen LogP contribution in [0.25, 0.3) is 0 Å². The molecular weight excluding hydrogens is 368 g/mol. The van der Waals surface area contributed by atoms with Crippen LogP contribution in [0.5, 0.6) is 0 Å². The predicted octanol–water partition coefficient (Wildman–Crippen LogP) is 5.41. The van der Waals surface area contributed by atoms with Crippen molar-refractivity contribution < 1.29 is 4.73 Å². The molecule has 6 aliphatic rings. The number of pyridine rings is 2. The molecule has 0 aliphatic heterocycles. The smallest absolute Gasteiger partial charge is 0.204 e. The van der Waals surface area contributed by atoms with Gasteiger partial charge >= 0.3 is 0 Å². The Morgan fingerprint density at radius 3 is 2.17 bits per heavy atom. The first-order valence-corrected chi connectivity index (χ1v) is 11.8. The lowest BCUT2D eigenvalue weighted by Crippen LogP contribution is -2.54. The molecule has 4 bridgehead atoms. The summed E-state index contributed by atoms with van der Waals surface area (Å²) in [5, 5.41) is 13.5. The molecule has 3 nitrogen and oxygen atoms in total. The maximum absolute atomic E-state index is 13.5. The minimum atomic E-state index is -0.403. The Labute approximate surface area is 180 Å². The van der Waals surface area contributed by atoms with Gasteiger partial charge in [-0.1, -0.05) is 33.8 Å². The molecule has 0 unspecified atom stereocenters. The van der Waals surface area contributed by atoms with Crippen molar-refractivity contribution in [1.29, 1.82) is 0 Å². The molecule has 2 aromatic rings. The zero-order valence-electron chi connectivity index (χ0n) is 19.2. The second-order valence-electron chi connectivity index (χ2n) is 12.3. The molecule has 0 radical (unpaired) electrons. The van der Waals surface area contributed by atoms with E-state index in [0.717, 1.165) is 35.8 Å². The molecule has 6 aliphatic carbocycles. The quantitative estimate of drug-likeness (QED) is 0.497. The lowest BCUT2D eigenvalue weighted by molar-refractivity contribution is -0.628. The van der Waals surface area contributed by atoms with Gasteiger partial charge in [0, 0.05) is 23.7 Å². The number of aromatic nitrogens is 2. The summed E-state index contributed by atoms with van der Waals surface area (Å²) in [5.41, 5.74) is 7.26. The molecule has 2 fully saturated rings. The largest absolute Gasteiger partial charge is 0.618 e. The molecule has 0 N–H and O–H groups in total. The molecule has 30 heavy (non-hydrogen) atoms. The summed E-state index contributed by atoms with van der Waals surface area (Å²) in [7, 11) is 0. The van der Waals surface area contributed by atoms with Gasteiger partial charge in [0.25, 0.3) is 0 Å². The number of hydrogen-bond donors (Lipinski definition) is 0. The van der Waals surface area contributed by atoms with E-state index in [4.69, 9.17) is 4.98 Å². The van der Waals surface area contributed by atoms with Crippen LogP contribution in [0.15, 0.2) is 24.3 Å². The third-order valence-corrected chi connectivity index (χ3v) is 10.1. The third kappa shape index (κ3) is 2.12. The highest BCUT2D eigenvalue weighted by Crippen LogP contribution is 2.62. The lowest BCUT2D eigenvalue weighted by atomic mass is 9.48. The molecule has 2 heterocycles. The third-order valence-electron chi connectivity index (χ3n) is 10.1. The van der Waals surface area contributed by atoms with E-state index in [1.807, 2.05) is 0 Å². The first kappa shape index (κ1) is 18.8. The monoisotopic (exact) mass is 402 g/mol. The average molecular weight is 403 g/mol. The molecule has 2 aromatic heterocycles. The van der Waals surface area contributed by atoms with Crippen LogP contribution in [0.1, 0.15) is 100 Å². The minimum absolute atomic E-state index is 0.339. The molecule has 3 heteroatoms. The van der Waals surface area contributed by atoms with Gasteiger partial charge in [0.2, 0.25) is 5.69 Å². The Balaban J connectivity index is 1.39. The normalized spacial score (nSPS) is 31.8. The van der Waals surface area contributed by atoms with Gasteiger partial charge in [-0.25, -0.2) is 0 Å². The highest BCUT2D eigenvalue weighted by molar-refractivity contribution is 5.41. The predicted molar refractivity (Wildman–Crippen MR) is 118 cm³/mol. The van der Waals surface area contributed by atoms with Crippen molar-refractivity contribution in [3.05, 3.63) is 63.4 Å². The van der Waals surface area contributed by atoms with Gasteiger partial charge in [0.15, 0.2) is 5.69 Å². The molecular formula is C27H34N2O. The van der Waals surface area contributed by atoms with Crippen LogP contribution in [0, 0.1) is 27.9 Å². The molecule has 0 spiro atoms. The van der Waals surface area contributed by atoms with Crippen LogP contribution >= 0.6 is 0 Å². The summed E-state index contributed by atoms with van der Waals surface area (Å²) in [6.07, 6.45) is 4.56. The van der Waals surface area contributed by atoms with E-state index in [0.29, 0.717) is 28.6 Å². The SMILES string of the molecule is CC(C)(c1ccc2c(n1)C[C@@H]1C[C@H]2C1(C)C)c1ccc2c([n+]1[O-])C[C@@H]1C[C@H]2C1(C)C. The molecule has 2 saturated carbocycles. The van der Waals surface area contributed by atoms with Gasteiger partial charge in [-0.2, -0.15) is 4.73 Å². The fourth-order valence-electron chi connectivity index (χ4n) is 7.29. The summed E-state index contributed by atoms with van der Waals surface area (Å²) in [6.45, 7) is 13.9. The zero-order valence-corrected chi connectivity index (χ0v) is 19.2. The number of rotatable bonds is 2. The maximum atomic E-state index is 13.5. The highest BCUT2D eigenvalue weighted by atomic mass is 16.5. The molecule has 8 rings (SSSR count). The topological polar surface area (TPSA) is 39.8 Å². The first-order chi connectivity index (χ1) is 14.0. The van der Waals surface area contributed by atoms with Gasteiger partial charge < -0.3 is 5.21 Å². The standard InChI is InChI=1S/C27H34N2O/c1-25(2)15-11-19(25)17-7-9-23(28-21(17)13-15)27(5,6)24-10-8-18-20-12-16(26(20,3)4)14-22(18)29(24)30/h7-10,15-16,19-20H,11-14H2,1-6H3/t15-,16-,19+,20+/m0/s1. The van der Waals surface area contributed by atoms with Crippen LogP contribution in [-0.4, -0.2) is 4.98 Å². The van der Waals surface area contributed by atoms with E-state index >= 15 is 0 Å². The summed E-state index contributed by atoms with van der Waals surface area (Å²) >= 11 is 0. The molecule has 158 valence electrons. The Morgan fingerprint density at radius 1 is 0.900 bits per heavy atom. The van der Waals surface area contributed by atoms with Crippen LogP contribution < -0.4 is 4.73 Å². The van der Waals surface area contributed by atoms with Crippen LogP contribution in [0.3, 0.4) is 0 Å². The van der Waals surface area contributed by atoms with E-state index in [1.54, 1.807) is 0 Å². The van der Waals surface area contributed by atoms with Crippen molar-refractivity contribution in [2.24, 2.45) is 22.7 Å². The van der Waals surface area contributed by atoms with Gasteiger partial charge in [-0.15, -0.1) is 0 Å². The summed E-state index contributed by atoms with van der Waals surface area (Å²) in [4.78, 5) is 5.16. The average Bonchev–Trinajstić information content (AvgIpc) is 2.72.